The van der Waals surface area contributed by atoms with Crippen LogP contribution in [0.15, 0.2) is 42.9 Å². The molecule has 0 spiro atoms. The van der Waals surface area contributed by atoms with E-state index in [0.29, 0.717) is 0 Å². The molecule has 5 heteroatoms. The van der Waals surface area contributed by atoms with Gasteiger partial charge in [-0.1, -0.05) is 6.07 Å². The number of anilines is 2. The van der Waals surface area contributed by atoms with Crippen LogP contribution in [0.4, 0.5) is 11.5 Å². The van der Waals surface area contributed by atoms with Crippen molar-refractivity contribution in [2.45, 2.75) is 25.3 Å². The molecule has 1 aliphatic rings. The zero-order chi connectivity index (χ0) is 14.2. The maximum atomic E-state index is 5.90. The van der Waals surface area contributed by atoms with Crippen LogP contribution in [0, 0.1) is 0 Å². The first-order valence-electron chi connectivity index (χ1n) is 7.24. The number of nitrogens with one attached hydrogen (secondary N) is 1. The number of aromatic nitrogens is 3. The lowest BCUT2D eigenvalue weighted by Crippen LogP contribution is -2.18. The zero-order valence-corrected chi connectivity index (χ0v) is 11.7. The summed E-state index contributed by atoms with van der Waals surface area (Å²) >= 11 is 0. The van der Waals surface area contributed by atoms with Gasteiger partial charge in [-0.3, -0.25) is 0 Å². The van der Waals surface area contributed by atoms with Crippen molar-refractivity contribution in [1.82, 2.24) is 14.6 Å². The summed E-state index contributed by atoms with van der Waals surface area (Å²) in [4.78, 5) is 4.47. The van der Waals surface area contributed by atoms with Gasteiger partial charge in [0.05, 0.1) is 12.2 Å². The van der Waals surface area contributed by atoms with Gasteiger partial charge < -0.3 is 11.1 Å². The number of hydrogen-bond acceptors (Lipinski definition) is 4. The Kier molecular flexibility index (Phi) is 2.77. The molecule has 0 bridgehead atoms. The van der Waals surface area contributed by atoms with E-state index in [1.165, 1.54) is 11.1 Å². The Morgan fingerprint density at radius 3 is 3.14 bits per heavy atom. The number of benzene rings is 1. The summed E-state index contributed by atoms with van der Waals surface area (Å²) in [7, 11) is 0. The second-order valence-corrected chi connectivity index (χ2v) is 5.48. The predicted octanol–water partition coefficient (Wildman–Crippen LogP) is 2.80. The van der Waals surface area contributed by atoms with E-state index in [4.69, 9.17) is 5.73 Å². The molecular weight excluding hydrogens is 262 g/mol. The minimum absolute atomic E-state index is 0.281. The van der Waals surface area contributed by atoms with Gasteiger partial charge in [-0.25, -0.2) is 9.50 Å². The molecule has 3 aromatic rings. The maximum Gasteiger partial charge on any atom is 0.152 e. The van der Waals surface area contributed by atoms with Gasteiger partial charge in [0, 0.05) is 18.1 Å². The standard InChI is InChI=1S/C16H17N5/c17-12-4-5-13-11(10-12)2-1-3-14(13)20-16-15-6-7-19-21(15)9-8-18-16/h4-10,14H,1-3,17H2,(H,18,20). The number of hydrogen-bond donors (Lipinski definition) is 2. The molecule has 0 saturated carbocycles. The highest BCUT2D eigenvalue weighted by Crippen LogP contribution is 2.33. The summed E-state index contributed by atoms with van der Waals surface area (Å²) in [5.41, 5.74) is 10.4. The summed E-state index contributed by atoms with van der Waals surface area (Å²) in [6.07, 6.45) is 8.79. The minimum Gasteiger partial charge on any atom is -0.399 e. The Morgan fingerprint density at radius 2 is 2.19 bits per heavy atom. The van der Waals surface area contributed by atoms with Crippen LogP contribution >= 0.6 is 0 Å². The summed E-state index contributed by atoms with van der Waals surface area (Å²) in [6.45, 7) is 0. The molecule has 5 nitrogen and oxygen atoms in total. The number of nitrogens with two attached hydrogens (primary N) is 1. The predicted molar refractivity (Wildman–Crippen MR) is 83.1 cm³/mol. The average Bonchev–Trinajstić information content (AvgIpc) is 2.97. The molecule has 0 saturated heterocycles. The van der Waals surface area contributed by atoms with E-state index in [1.54, 1.807) is 12.4 Å². The summed E-state index contributed by atoms with van der Waals surface area (Å²) < 4.78 is 1.84. The average molecular weight is 279 g/mol. The molecule has 106 valence electrons. The summed E-state index contributed by atoms with van der Waals surface area (Å²) in [6, 6.07) is 8.46. The Morgan fingerprint density at radius 1 is 1.24 bits per heavy atom. The highest BCUT2D eigenvalue weighted by Gasteiger charge is 2.21. The lowest BCUT2D eigenvalue weighted by atomic mass is 9.87. The van der Waals surface area contributed by atoms with Crippen LogP contribution in [0.3, 0.4) is 0 Å². The number of nitrogen functional groups attached to an aromatic ring is 1. The molecule has 4 rings (SSSR count). The number of fused-ring (bicyclic) bond motifs is 2. The van der Waals surface area contributed by atoms with Crippen molar-refractivity contribution in [2.24, 2.45) is 0 Å². The fourth-order valence-electron chi connectivity index (χ4n) is 3.12. The third-order valence-corrected chi connectivity index (χ3v) is 4.12. The second kappa shape index (κ2) is 4.77. The van der Waals surface area contributed by atoms with Crippen molar-refractivity contribution in [3.63, 3.8) is 0 Å². The van der Waals surface area contributed by atoms with E-state index in [0.717, 1.165) is 36.3 Å². The monoisotopic (exact) mass is 279 g/mol. The molecule has 2 aromatic heterocycles. The van der Waals surface area contributed by atoms with Crippen LogP contribution in [0.25, 0.3) is 5.52 Å². The van der Waals surface area contributed by atoms with Gasteiger partial charge in [-0.15, -0.1) is 0 Å². The zero-order valence-electron chi connectivity index (χ0n) is 11.7. The fourth-order valence-corrected chi connectivity index (χ4v) is 3.12. The molecule has 0 radical (unpaired) electrons. The van der Waals surface area contributed by atoms with Gasteiger partial charge in [0.1, 0.15) is 5.52 Å². The van der Waals surface area contributed by atoms with Crippen LogP contribution in [0.1, 0.15) is 30.0 Å². The van der Waals surface area contributed by atoms with Crippen LogP contribution in [0.5, 0.6) is 0 Å². The van der Waals surface area contributed by atoms with Gasteiger partial charge in [-0.2, -0.15) is 5.10 Å². The molecule has 2 heterocycles. The van der Waals surface area contributed by atoms with Crippen LogP contribution in [-0.2, 0) is 6.42 Å². The first kappa shape index (κ1) is 12.2. The number of nitrogens with zero attached hydrogens (tertiary/aromatic N) is 3. The Labute approximate surface area is 122 Å². The fraction of sp³-hybridized carbons (Fsp3) is 0.250. The first-order chi connectivity index (χ1) is 10.3. The van der Waals surface area contributed by atoms with Crippen molar-refractivity contribution >= 4 is 17.0 Å². The van der Waals surface area contributed by atoms with Gasteiger partial charge in [0.25, 0.3) is 0 Å². The molecule has 0 fully saturated rings. The van der Waals surface area contributed by atoms with Crippen LogP contribution < -0.4 is 11.1 Å². The SMILES string of the molecule is Nc1ccc2c(c1)CCCC2Nc1nccn2nccc12. The molecule has 0 amide bonds. The summed E-state index contributed by atoms with van der Waals surface area (Å²) in [5, 5.41) is 7.82. The highest BCUT2D eigenvalue weighted by atomic mass is 15.2. The maximum absolute atomic E-state index is 5.90. The lowest BCUT2D eigenvalue weighted by Gasteiger charge is -2.27. The van der Waals surface area contributed by atoms with Crippen molar-refractivity contribution in [2.75, 3.05) is 11.1 Å². The van der Waals surface area contributed by atoms with Crippen LogP contribution in [0.2, 0.25) is 0 Å². The molecule has 1 aromatic carbocycles. The van der Waals surface area contributed by atoms with E-state index < -0.39 is 0 Å². The van der Waals surface area contributed by atoms with Crippen molar-refractivity contribution in [3.05, 3.63) is 54.0 Å². The largest absolute Gasteiger partial charge is 0.399 e. The summed E-state index contributed by atoms with van der Waals surface area (Å²) in [5.74, 6) is 0.879. The van der Waals surface area contributed by atoms with E-state index >= 15 is 0 Å². The molecule has 1 unspecified atom stereocenters. The molecule has 21 heavy (non-hydrogen) atoms. The van der Waals surface area contributed by atoms with E-state index in [9.17, 15) is 0 Å². The van der Waals surface area contributed by atoms with Crippen molar-refractivity contribution in [3.8, 4) is 0 Å². The van der Waals surface area contributed by atoms with E-state index in [2.05, 4.69) is 27.5 Å². The van der Waals surface area contributed by atoms with Crippen molar-refractivity contribution < 1.29 is 0 Å². The Bertz CT molecular complexity index is 792. The van der Waals surface area contributed by atoms with Gasteiger partial charge in [-0.05, 0) is 48.6 Å². The van der Waals surface area contributed by atoms with Crippen LogP contribution in [-0.4, -0.2) is 14.6 Å². The smallest absolute Gasteiger partial charge is 0.152 e. The highest BCUT2D eigenvalue weighted by molar-refractivity contribution is 5.67. The normalized spacial score (nSPS) is 17.6. The molecule has 3 N–H and O–H groups in total. The Hall–Kier alpha value is -2.56. The molecular formula is C16H17N5. The third-order valence-electron chi connectivity index (χ3n) is 4.12. The number of rotatable bonds is 2. The van der Waals surface area contributed by atoms with E-state index in [1.807, 2.05) is 22.8 Å². The molecule has 1 atom stereocenters. The minimum atomic E-state index is 0.281. The van der Waals surface area contributed by atoms with Gasteiger partial charge >= 0.3 is 0 Å². The number of aryl methyl sites for hydroxylation is 1. The second-order valence-electron chi connectivity index (χ2n) is 5.48. The van der Waals surface area contributed by atoms with E-state index in [-0.39, 0.29) is 6.04 Å². The topological polar surface area (TPSA) is 68.2 Å². The quantitative estimate of drug-likeness (QED) is 0.708. The Balaban J connectivity index is 1.71. The molecule has 1 aliphatic carbocycles. The molecule has 0 aliphatic heterocycles. The van der Waals surface area contributed by atoms with Gasteiger partial charge in [0.2, 0.25) is 0 Å². The lowest BCUT2D eigenvalue weighted by molar-refractivity contribution is 0.599. The van der Waals surface area contributed by atoms with Gasteiger partial charge in [0.15, 0.2) is 5.82 Å². The first-order valence-corrected chi connectivity index (χ1v) is 7.24. The third kappa shape index (κ3) is 2.11. The van der Waals surface area contributed by atoms with Crippen molar-refractivity contribution in [1.29, 1.82) is 0 Å².